The van der Waals surface area contributed by atoms with Gasteiger partial charge in [-0.1, -0.05) is 54.1 Å². The summed E-state index contributed by atoms with van der Waals surface area (Å²) in [4.78, 5) is 25.7. The molecule has 7 heteroatoms. The van der Waals surface area contributed by atoms with Crippen molar-refractivity contribution in [1.29, 1.82) is 0 Å². The number of ether oxygens (including phenoxy) is 1. The van der Waals surface area contributed by atoms with E-state index in [-0.39, 0.29) is 5.91 Å². The zero-order chi connectivity index (χ0) is 24.6. The average molecular weight is 486 g/mol. The van der Waals surface area contributed by atoms with Gasteiger partial charge in [-0.25, -0.2) is 0 Å². The summed E-state index contributed by atoms with van der Waals surface area (Å²) in [6, 6.07) is 30.9. The van der Waals surface area contributed by atoms with Crippen LogP contribution in [0.2, 0.25) is 5.02 Å². The number of rotatable bonds is 8. The van der Waals surface area contributed by atoms with Crippen molar-refractivity contribution in [3.63, 3.8) is 0 Å². The number of anilines is 4. The minimum atomic E-state index is -0.823. The first-order valence-electron chi connectivity index (χ1n) is 11.0. The van der Waals surface area contributed by atoms with E-state index >= 15 is 0 Å². The Labute approximate surface area is 208 Å². The first kappa shape index (κ1) is 23.9. The van der Waals surface area contributed by atoms with Crippen molar-refractivity contribution in [3.8, 4) is 5.75 Å². The molecule has 4 aromatic rings. The summed E-state index contributed by atoms with van der Waals surface area (Å²) in [7, 11) is 0. The first-order chi connectivity index (χ1) is 17.0. The fraction of sp³-hybridized carbons (Fsp3) is 0.0714. The molecule has 0 radical (unpaired) electrons. The largest absolute Gasteiger partial charge is 0.479 e. The second-order valence-electron chi connectivity index (χ2n) is 7.75. The van der Waals surface area contributed by atoms with E-state index in [4.69, 9.17) is 16.3 Å². The third-order valence-corrected chi connectivity index (χ3v) is 5.46. The van der Waals surface area contributed by atoms with E-state index in [1.54, 1.807) is 55.5 Å². The van der Waals surface area contributed by atoms with E-state index in [9.17, 15) is 9.59 Å². The molecule has 0 heterocycles. The Morgan fingerprint density at radius 1 is 0.714 bits per heavy atom. The number of halogens is 1. The third kappa shape index (κ3) is 6.40. The fourth-order valence-corrected chi connectivity index (χ4v) is 3.51. The smallest absolute Gasteiger partial charge is 0.265 e. The number of carbonyl (C=O) groups excluding carboxylic acids is 2. The summed E-state index contributed by atoms with van der Waals surface area (Å²) in [6.45, 7) is 1.62. The molecule has 4 aromatic carbocycles. The van der Waals surface area contributed by atoms with Crippen LogP contribution in [0.25, 0.3) is 0 Å². The van der Waals surface area contributed by atoms with Crippen LogP contribution in [0.4, 0.5) is 22.7 Å². The molecule has 3 N–H and O–H groups in total. The molecule has 2 amide bonds. The molecule has 6 nitrogen and oxygen atoms in total. The fourth-order valence-electron chi connectivity index (χ4n) is 3.33. The van der Waals surface area contributed by atoms with Gasteiger partial charge < -0.3 is 20.7 Å². The molecule has 1 atom stereocenters. The monoisotopic (exact) mass is 485 g/mol. The number of carbonyl (C=O) groups is 2. The summed E-state index contributed by atoms with van der Waals surface area (Å²) in [5, 5.41) is 9.36. The van der Waals surface area contributed by atoms with Gasteiger partial charge in [-0.15, -0.1) is 0 Å². The van der Waals surface area contributed by atoms with Crippen LogP contribution in [-0.2, 0) is 4.79 Å². The van der Waals surface area contributed by atoms with Crippen molar-refractivity contribution in [3.05, 3.63) is 114 Å². The van der Waals surface area contributed by atoms with E-state index in [2.05, 4.69) is 16.0 Å². The average Bonchev–Trinajstić information content (AvgIpc) is 2.87. The van der Waals surface area contributed by atoms with Gasteiger partial charge in [0.05, 0.1) is 16.3 Å². The highest BCUT2D eigenvalue weighted by molar-refractivity contribution is 6.32. The summed E-state index contributed by atoms with van der Waals surface area (Å²) in [5.41, 5.74) is 3.21. The van der Waals surface area contributed by atoms with Crippen LogP contribution >= 0.6 is 11.6 Å². The molecular weight excluding hydrogens is 462 g/mol. The molecule has 0 saturated heterocycles. The Bertz CT molecular complexity index is 1310. The summed E-state index contributed by atoms with van der Waals surface area (Å²) < 4.78 is 5.68. The van der Waals surface area contributed by atoms with E-state index in [1.165, 1.54) is 0 Å². The molecule has 0 fully saturated rings. The van der Waals surface area contributed by atoms with Crippen LogP contribution in [0.15, 0.2) is 103 Å². The SMILES string of the molecule is CC(Oc1ccccc1Cl)C(=O)Nc1ccccc1C(=O)Nc1ccc(Nc2ccccc2)cc1. The minimum absolute atomic E-state index is 0.331. The van der Waals surface area contributed by atoms with Crippen molar-refractivity contribution in [2.24, 2.45) is 0 Å². The molecule has 0 saturated carbocycles. The molecule has 0 spiro atoms. The van der Waals surface area contributed by atoms with Gasteiger partial charge in [0.2, 0.25) is 0 Å². The second kappa shape index (κ2) is 11.2. The maximum Gasteiger partial charge on any atom is 0.265 e. The zero-order valence-electron chi connectivity index (χ0n) is 19.0. The number of nitrogens with one attached hydrogen (secondary N) is 3. The number of hydrogen-bond donors (Lipinski definition) is 3. The Morgan fingerprint density at radius 3 is 2.06 bits per heavy atom. The molecule has 0 aliphatic heterocycles. The lowest BCUT2D eigenvalue weighted by Crippen LogP contribution is -2.31. The highest BCUT2D eigenvalue weighted by Gasteiger charge is 2.19. The molecule has 4 rings (SSSR count). The first-order valence-corrected chi connectivity index (χ1v) is 11.4. The molecule has 0 bridgehead atoms. The van der Waals surface area contributed by atoms with Crippen LogP contribution in [-0.4, -0.2) is 17.9 Å². The quantitative estimate of drug-likeness (QED) is 0.258. The Morgan fingerprint density at radius 2 is 1.31 bits per heavy atom. The molecule has 0 aliphatic carbocycles. The van der Waals surface area contributed by atoms with Crippen molar-refractivity contribution in [2.45, 2.75) is 13.0 Å². The standard InChI is InChI=1S/C28H24ClN3O3/c1-19(35-26-14-8-6-12-24(26)29)27(33)32-25-13-7-5-11-23(25)28(34)31-22-17-15-21(16-18-22)30-20-9-3-2-4-10-20/h2-19,30H,1H3,(H,31,34)(H,32,33). The van der Waals surface area contributed by atoms with Crippen LogP contribution in [0.1, 0.15) is 17.3 Å². The van der Waals surface area contributed by atoms with Gasteiger partial charge in [0.15, 0.2) is 6.10 Å². The second-order valence-corrected chi connectivity index (χ2v) is 8.16. The number of benzene rings is 4. The number of hydrogen-bond acceptors (Lipinski definition) is 4. The van der Waals surface area contributed by atoms with Gasteiger partial charge in [0, 0.05) is 17.1 Å². The molecule has 35 heavy (non-hydrogen) atoms. The van der Waals surface area contributed by atoms with E-state index in [0.29, 0.717) is 27.7 Å². The van der Waals surface area contributed by atoms with Crippen LogP contribution in [0.5, 0.6) is 5.75 Å². The summed E-state index contributed by atoms with van der Waals surface area (Å²) in [6.07, 6.45) is -0.823. The van der Waals surface area contributed by atoms with Gasteiger partial charge >= 0.3 is 0 Å². The van der Waals surface area contributed by atoms with E-state index in [1.807, 2.05) is 54.6 Å². The molecule has 0 aliphatic rings. The summed E-state index contributed by atoms with van der Waals surface area (Å²) in [5.74, 6) is -0.334. The van der Waals surface area contributed by atoms with Crippen molar-refractivity contribution in [1.82, 2.24) is 0 Å². The lowest BCUT2D eigenvalue weighted by Gasteiger charge is -2.17. The number of para-hydroxylation sites is 3. The maximum absolute atomic E-state index is 13.0. The van der Waals surface area contributed by atoms with Crippen molar-refractivity contribution < 1.29 is 14.3 Å². The van der Waals surface area contributed by atoms with Gasteiger partial charge in [0.1, 0.15) is 5.75 Å². The van der Waals surface area contributed by atoms with Gasteiger partial charge in [-0.3, -0.25) is 9.59 Å². The normalized spacial score (nSPS) is 11.3. The lowest BCUT2D eigenvalue weighted by molar-refractivity contribution is -0.122. The third-order valence-electron chi connectivity index (χ3n) is 5.14. The highest BCUT2D eigenvalue weighted by atomic mass is 35.5. The van der Waals surface area contributed by atoms with Crippen LogP contribution < -0.4 is 20.7 Å². The topological polar surface area (TPSA) is 79.5 Å². The Kier molecular flexibility index (Phi) is 7.65. The predicted molar refractivity (Wildman–Crippen MR) is 141 cm³/mol. The molecule has 1 unspecified atom stereocenters. The van der Waals surface area contributed by atoms with Crippen LogP contribution in [0, 0.1) is 0 Å². The van der Waals surface area contributed by atoms with Gasteiger partial charge in [-0.2, -0.15) is 0 Å². The number of amides is 2. The Balaban J connectivity index is 1.40. The molecule has 0 aromatic heterocycles. The maximum atomic E-state index is 13.0. The predicted octanol–water partition coefficient (Wildman–Crippen LogP) is 6.74. The lowest BCUT2D eigenvalue weighted by atomic mass is 10.1. The van der Waals surface area contributed by atoms with E-state index in [0.717, 1.165) is 11.4 Å². The van der Waals surface area contributed by atoms with E-state index < -0.39 is 12.0 Å². The minimum Gasteiger partial charge on any atom is -0.479 e. The van der Waals surface area contributed by atoms with Gasteiger partial charge in [-0.05, 0) is 67.6 Å². The van der Waals surface area contributed by atoms with Crippen molar-refractivity contribution >= 4 is 46.2 Å². The highest BCUT2D eigenvalue weighted by Crippen LogP contribution is 2.25. The Hall–Kier alpha value is -4.29. The zero-order valence-corrected chi connectivity index (χ0v) is 19.8. The van der Waals surface area contributed by atoms with Crippen molar-refractivity contribution in [2.75, 3.05) is 16.0 Å². The molecular formula is C28H24ClN3O3. The summed E-state index contributed by atoms with van der Waals surface area (Å²) >= 11 is 6.11. The molecule has 176 valence electrons. The van der Waals surface area contributed by atoms with Crippen LogP contribution in [0.3, 0.4) is 0 Å². The van der Waals surface area contributed by atoms with Gasteiger partial charge in [0.25, 0.3) is 11.8 Å².